The maximum atomic E-state index is 11.4. The minimum Gasteiger partial charge on any atom is -0.477 e. The average molecular weight is 241 g/mol. The lowest BCUT2D eigenvalue weighted by molar-refractivity contribution is -0.133. The van der Waals surface area contributed by atoms with E-state index in [0.717, 1.165) is 5.01 Å². The van der Waals surface area contributed by atoms with Gasteiger partial charge >= 0.3 is 5.97 Å². The number of rotatable bonds is 5. The Morgan fingerprint density at radius 1 is 1.47 bits per heavy atom. The highest BCUT2D eigenvalue weighted by atomic mass is 16.4. The van der Waals surface area contributed by atoms with E-state index in [1.54, 1.807) is 6.92 Å². The molecule has 0 unspecified atom stereocenters. The normalized spacial score (nSPS) is 15.5. The highest BCUT2D eigenvalue weighted by Gasteiger charge is 2.24. The monoisotopic (exact) mass is 241 g/mol. The molecule has 0 aromatic rings. The minimum atomic E-state index is -1.12. The van der Waals surface area contributed by atoms with Crippen molar-refractivity contribution in [1.29, 1.82) is 0 Å². The summed E-state index contributed by atoms with van der Waals surface area (Å²) in [6.07, 6.45) is 0.391. The van der Waals surface area contributed by atoms with Crippen LogP contribution in [0.15, 0.2) is 5.10 Å². The highest BCUT2D eigenvalue weighted by molar-refractivity contribution is 6.36. The van der Waals surface area contributed by atoms with Gasteiger partial charge in [0, 0.05) is 25.8 Å². The number of carboxylic acid groups (broad SMARTS) is 1. The number of nitrogens with one attached hydrogen (secondary N) is 1. The Kier molecular flexibility index (Phi) is 4.62. The van der Waals surface area contributed by atoms with Crippen LogP contribution < -0.4 is 5.32 Å². The van der Waals surface area contributed by atoms with Crippen LogP contribution in [0.3, 0.4) is 0 Å². The summed E-state index contributed by atoms with van der Waals surface area (Å²) in [4.78, 5) is 33.3. The van der Waals surface area contributed by atoms with Gasteiger partial charge in [-0.25, -0.2) is 9.80 Å². The van der Waals surface area contributed by atoms with Gasteiger partial charge in [0.2, 0.25) is 11.8 Å². The van der Waals surface area contributed by atoms with Crippen LogP contribution in [0.1, 0.15) is 26.2 Å². The summed E-state index contributed by atoms with van der Waals surface area (Å²) in [5.41, 5.74) is -0.0412. The molecule has 1 aliphatic rings. The van der Waals surface area contributed by atoms with Crippen molar-refractivity contribution < 1.29 is 19.5 Å². The van der Waals surface area contributed by atoms with Crippen molar-refractivity contribution in [3.63, 3.8) is 0 Å². The van der Waals surface area contributed by atoms with Crippen molar-refractivity contribution in [2.75, 3.05) is 13.1 Å². The van der Waals surface area contributed by atoms with E-state index < -0.39 is 5.97 Å². The Balaban J connectivity index is 2.56. The summed E-state index contributed by atoms with van der Waals surface area (Å²) in [6.45, 7) is 2.43. The number of carbonyl (C=O) groups is 3. The predicted molar refractivity (Wildman–Crippen MR) is 59.3 cm³/mol. The lowest BCUT2D eigenvalue weighted by Crippen LogP contribution is -2.36. The smallest absolute Gasteiger partial charge is 0.352 e. The lowest BCUT2D eigenvalue weighted by Gasteiger charge is -2.21. The van der Waals surface area contributed by atoms with Crippen molar-refractivity contribution in [2.24, 2.45) is 5.10 Å². The predicted octanol–water partition coefficient (Wildman–Crippen LogP) is -0.424. The van der Waals surface area contributed by atoms with Crippen LogP contribution in [0.4, 0.5) is 0 Å². The Hall–Kier alpha value is -1.92. The molecule has 17 heavy (non-hydrogen) atoms. The first-order valence-corrected chi connectivity index (χ1v) is 5.42. The summed E-state index contributed by atoms with van der Waals surface area (Å²) >= 11 is 0. The second kappa shape index (κ2) is 5.97. The molecule has 7 heteroatoms. The summed E-state index contributed by atoms with van der Waals surface area (Å²) in [5.74, 6) is -1.56. The number of hydrazone groups is 1. The molecule has 2 amide bonds. The van der Waals surface area contributed by atoms with Crippen LogP contribution >= 0.6 is 0 Å². The van der Waals surface area contributed by atoms with Gasteiger partial charge in [0.05, 0.1) is 6.54 Å². The lowest BCUT2D eigenvalue weighted by atomic mass is 10.1. The third kappa shape index (κ3) is 3.86. The van der Waals surface area contributed by atoms with Gasteiger partial charge < -0.3 is 10.4 Å². The molecule has 0 saturated heterocycles. The minimum absolute atomic E-state index is 0.0412. The molecule has 0 aliphatic carbocycles. The van der Waals surface area contributed by atoms with Gasteiger partial charge in [0.1, 0.15) is 5.71 Å². The number of aliphatic carboxylic acids is 1. The summed E-state index contributed by atoms with van der Waals surface area (Å²) < 4.78 is 0. The molecule has 94 valence electrons. The maximum absolute atomic E-state index is 11.4. The van der Waals surface area contributed by atoms with Gasteiger partial charge in [-0.1, -0.05) is 0 Å². The van der Waals surface area contributed by atoms with E-state index in [4.69, 9.17) is 5.11 Å². The van der Waals surface area contributed by atoms with E-state index in [0.29, 0.717) is 6.54 Å². The molecule has 1 aliphatic heterocycles. The molecule has 0 saturated carbocycles. The molecule has 0 atom stereocenters. The molecule has 0 radical (unpaired) electrons. The molecular weight excluding hydrogens is 226 g/mol. The van der Waals surface area contributed by atoms with E-state index in [1.165, 1.54) is 0 Å². The number of nitrogens with zero attached hydrogens (tertiary/aromatic N) is 2. The van der Waals surface area contributed by atoms with Crippen LogP contribution in [0.5, 0.6) is 0 Å². The summed E-state index contributed by atoms with van der Waals surface area (Å²) in [5, 5.41) is 16.1. The van der Waals surface area contributed by atoms with Crippen LogP contribution in [-0.2, 0) is 14.4 Å². The molecule has 0 fully saturated rings. The second-order valence-corrected chi connectivity index (χ2v) is 3.57. The van der Waals surface area contributed by atoms with Gasteiger partial charge in [0.25, 0.3) is 0 Å². The second-order valence-electron chi connectivity index (χ2n) is 3.57. The molecule has 0 aromatic carbocycles. The first-order chi connectivity index (χ1) is 8.04. The average Bonchev–Trinajstić information content (AvgIpc) is 2.28. The van der Waals surface area contributed by atoms with Crippen LogP contribution in [0.2, 0.25) is 0 Å². The standard InChI is InChI=1S/C10H15N3O4/c1-2-11-8(14)5-6-13-9(15)4-3-7(12-13)10(16)17/h2-6H2,1H3,(H,11,14)(H,16,17). The number of carbonyl (C=O) groups excluding carboxylic acids is 2. The summed E-state index contributed by atoms with van der Waals surface area (Å²) in [6, 6.07) is 0. The fraction of sp³-hybridized carbons (Fsp3) is 0.600. The highest BCUT2D eigenvalue weighted by Crippen LogP contribution is 2.09. The SMILES string of the molecule is CCNC(=O)CCN1N=C(C(=O)O)CCC1=O. The van der Waals surface area contributed by atoms with Gasteiger partial charge in [-0.15, -0.1) is 0 Å². The third-order valence-electron chi connectivity index (χ3n) is 2.28. The number of amides is 2. The molecule has 1 heterocycles. The summed E-state index contributed by atoms with van der Waals surface area (Å²) in [7, 11) is 0. The molecule has 0 bridgehead atoms. The zero-order valence-corrected chi connectivity index (χ0v) is 9.60. The maximum Gasteiger partial charge on any atom is 0.352 e. The number of carboxylic acids is 1. The van der Waals surface area contributed by atoms with Gasteiger partial charge in [-0.3, -0.25) is 9.59 Å². The van der Waals surface area contributed by atoms with E-state index in [1.807, 2.05) is 0 Å². The number of hydrogen-bond donors (Lipinski definition) is 2. The molecule has 0 spiro atoms. The van der Waals surface area contributed by atoms with Crippen LogP contribution in [-0.4, -0.2) is 46.7 Å². The van der Waals surface area contributed by atoms with Crippen LogP contribution in [0, 0.1) is 0 Å². The van der Waals surface area contributed by atoms with Crippen molar-refractivity contribution in [2.45, 2.75) is 26.2 Å². The van der Waals surface area contributed by atoms with E-state index in [-0.39, 0.29) is 43.3 Å². The first-order valence-electron chi connectivity index (χ1n) is 5.42. The Bertz CT molecular complexity index is 365. The van der Waals surface area contributed by atoms with E-state index in [9.17, 15) is 14.4 Å². The van der Waals surface area contributed by atoms with E-state index in [2.05, 4.69) is 10.4 Å². The van der Waals surface area contributed by atoms with Crippen molar-refractivity contribution in [3.05, 3.63) is 0 Å². The van der Waals surface area contributed by atoms with Crippen LogP contribution in [0.25, 0.3) is 0 Å². The quantitative estimate of drug-likeness (QED) is 0.682. The van der Waals surface area contributed by atoms with Gasteiger partial charge in [0.15, 0.2) is 0 Å². The third-order valence-corrected chi connectivity index (χ3v) is 2.28. The zero-order valence-electron chi connectivity index (χ0n) is 9.60. The Morgan fingerprint density at radius 3 is 2.76 bits per heavy atom. The van der Waals surface area contributed by atoms with Crippen molar-refractivity contribution in [3.8, 4) is 0 Å². The Morgan fingerprint density at radius 2 is 2.18 bits per heavy atom. The van der Waals surface area contributed by atoms with Crippen molar-refractivity contribution in [1.82, 2.24) is 10.3 Å². The van der Waals surface area contributed by atoms with Gasteiger partial charge in [-0.05, 0) is 6.92 Å². The first kappa shape index (κ1) is 13.1. The Labute approximate surface area is 98.5 Å². The topological polar surface area (TPSA) is 99.1 Å². The largest absolute Gasteiger partial charge is 0.477 e. The van der Waals surface area contributed by atoms with Gasteiger partial charge in [-0.2, -0.15) is 5.10 Å². The van der Waals surface area contributed by atoms with E-state index >= 15 is 0 Å². The van der Waals surface area contributed by atoms with Crippen molar-refractivity contribution >= 4 is 23.5 Å². The molecular formula is C10H15N3O4. The fourth-order valence-corrected chi connectivity index (χ4v) is 1.42. The molecule has 2 N–H and O–H groups in total. The molecule has 0 aromatic heterocycles. The fourth-order valence-electron chi connectivity index (χ4n) is 1.42. The molecule has 7 nitrogen and oxygen atoms in total. The zero-order chi connectivity index (χ0) is 12.8. The number of hydrogen-bond acceptors (Lipinski definition) is 4. The molecule has 1 rings (SSSR count).